The summed E-state index contributed by atoms with van der Waals surface area (Å²) >= 11 is 6.26. The Hall–Kier alpha value is -2.60. The first-order chi connectivity index (χ1) is 12.2. The van der Waals surface area contributed by atoms with Crippen LogP contribution >= 0.6 is 11.6 Å². The Labute approximate surface area is 151 Å². The minimum Gasteiger partial charge on any atom is -0.496 e. The summed E-state index contributed by atoms with van der Waals surface area (Å²) in [6.45, 7) is 1.38. The summed E-state index contributed by atoms with van der Waals surface area (Å²) in [6, 6.07) is 10.9. The molecule has 0 aromatic heterocycles. The van der Waals surface area contributed by atoms with Crippen molar-refractivity contribution in [2.45, 2.75) is 13.0 Å². The molecule has 2 aromatic carbocycles. The monoisotopic (exact) mass is 362 g/mol. The largest absolute Gasteiger partial charge is 0.496 e. The highest BCUT2D eigenvalue weighted by Crippen LogP contribution is 2.38. The van der Waals surface area contributed by atoms with Gasteiger partial charge in [0.1, 0.15) is 12.4 Å². The van der Waals surface area contributed by atoms with Crippen molar-refractivity contribution in [3.8, 4) is 17.2 Å². The highest BCUT2D eigenvalue weighted by Gasteiger charge is 2.16. The number of para-hydroxylation sites is 1. The van der Waals surface area contributed by atoms with E-state index in [4.69, 9.17) is 36.4 Å². The maximum atomic E-state index is 6.26. The van der Waals surface area contributed by atoms with Crippen molar-refractivity contribution >= 4 is 17.4 Å². The Balaban J connectivity index is 1.71. The number of fused-ring (bicyclic) bond motifs is 1. The standard InChI is InChI=1S/C18H19ClN2O4/c1-22-15-6-3-2-5-13(15)18(20)21-25-11-12-9-14(19)17-16(10-12)23-7-4-8-24-17/h2-3,5-6,9-10H,4,7-8,11H2,1H3,(H2,20,21). The van der Waals surface area contributed by atoms with Gasteiger partial charge in [0.15, 0.2) is 17.3 Å². The van der Waals surface area contributed by atoms with Gasteiger partial charge in [-0.05, 0) is 29.8 Å². The molecule has 0 atom stereocenters. The zero-order chi connectivity index (χ0) is 17.6. The van der Waals surface area contributed by atoms with E-state index in [0.717, 1.165) is 12.0 Å². The smallest absolute Gasteiger partial charge is 0.179 e. The lowest BCUT2D eigenvalue weighted by molar-refractivity contribution is 0.130. The van der Waals surface area contributed by atoms with Gasteiger partial charge in [0, 0.05) is 6.42 Å². The molecule has 0 saturated heterocycles. The summed E-state index contributed by atoms with van der Waals surface area (Å²) in [5, 5.41) is 4.44. The zero-order valence-electron chi connectivity index (χ0n) is 13.8. The molecule has 7 heteroatoms. The molecule has 0 radical (unpaired) electrons. The first kappa shape index (κ1) is 17.2. The lowest BCUT2D eigenvalue weighted by Gasteiger charge is -2.11. The van der Waals surface area contributed by atoms with Crippen molar-refractivity contribution in [2.75, 3.05) is 20.3 Å². The Morgan fingerprint density at radius 2 is 2.04 bits per heavy atom. The second-order valence-corrected chi connectivity index (χ2v) is 5.81. The quantitative estimate of drug-likeness (QED) is 0.501. The van der Waals surface area contributed by atoms with Crippen LogP contribution in [0.1, 0.15) is 17.5 Å². The molecule has 132 valence electrons. The van der Waals surface area contributed by atoms with Gasteiger partial charge in [-0.25, -0.2) is 0 Å². The topological polar surface area (TPSA) is 75.3 Å². The van der Waals surface area contributed by atoms with E-state index in [2.05, 4.69) is 5.16 Å². The predicted octanol–water partition coefficient (Wildman–Crippen LogP) is 3.35. The second-order valence-electron chi connectivity index (χ2n) is 5.41. The first-order valence-corrected chi connectivity index (χ1v) is 8.23. The number of hydrogen-bond donors (Lipinski definition) is 1. The summed E-state index contributed by atoms with van der Waals surface area (Å²) in [4.78, 5) is 5.37. The SMILES string of the molecule is COc1ccccc1C(N)=NOCc1cc(Cl)c2c(c1)OCCCO2. The first-order valence-electron chi connectivity index (χ1n) is 7.86. The van der Waals surface area contributed by atoms with Crippen LogP contribution < -0.4 is 19.9 Å². The fraction of sp³-hybridized carbons (Fsp3) is 0.278. The summed E-state index contributed by atoms with van der Waals surface area (Å²) in [6.07, 6.45) is 0.816. The number of rotatable bonds is 5. The van der Waals surface area contributed by atoms with Gasteiger partial charge in [-0.2, -0.15) is 0 Å². The van der Waals surface area contributed by atoms with Gasteiger partial charge in [0.05, 0.1) is 30.9 Å². The van der Waals surface area contributed by atoms with Crippen LogP contribution in [-0.4, -0.2) is 26.2 Å². The van der Waals surface area contributed by atoms with Gasteiger partial charge in [0.2, 0.25) is 0 Å². The molecule has 2 N–H and O–H groups in total. The molecular formula is C18H19ClN2O4. The molecule has 0 unspecified atom stereocenters. The molecule has 0 fully saturated rings. The number of halogens is 1. The van der Waals surface area contributed by atoms with Crippen LogP contribution in [0.25, 0.3) is 0 Å². The van der Waals surface area contributed by atoms with Crippen LogP contribution in [0.5, 0.6) is 17.2 Å². The second kappa shape index (κ2) is 7.98. The Morgan fingerprint density at radius 3 is 2.88 bits per heavy atom. The number of oxime groups is 1. The number of nitrogens with zero attached hydrogens (tertiary/aromatic N) is 1. The van der Waals surface area contributed by atoms with Crippen LogP contribution in [0.4, 0.5) is 0 Å². The zero-order valence-corrected chi connectivity index (χ0v) is 14.6. The van der Waals surface area contributed by atoms with Crippen molar-refractivity contribution in [1.29, 1.82) is 0 Å². The van der Waals surface area contributed by atoms with E-state index in [-0.39, 0.29) is 12.4 Å². The highest BCUT2D eigenvalue weighted by atomic mass is 35.5. The van der Waals surface area contributed by atoms with Crippen molar-refractivity contribution in [1.82, 2.24) is 0 Å². The Bertz CT molecular complexity index is 780. The van der Waals surface area contributed by atoms with E-state index < -0.39 is 0 Å². The van der Waals surface area contributed by atoms with Crippen LogP contribution in [0.15, 0.2) is 41.6 Å². The van der Waals surface area contributed by atoms with Gasteiger partial charge >= 0.3 is 0 Å². The minimum absolute atomic E-state index is 0.201. The minimum atomic E-state index is 0.201. The lowest BCUT2D eigenvalue weighted by atomic mass is 10.2. The predicted molar refractivity (Wildman–Crippen MR) is 95.6 cm³/mol. The third kappa shape index (κ3) is 4.09. The molecule has 0 spiro atoms. The molecule has 0 saturated carbocycles. The fourth-order valence-electron chi connectivity index (χ4n) is 2.45. The number of ether oxygens (including phenoxy) is 3. The average molecular weight is 363 g/mol. The summed E-state index contributed by atoms with van der Waals surface area (Å²) in [5.41, 5.74) is 7.45. The van der Waals surface area contributed by atoms with Crippen molar-refractivity contribution in [3.63, 3.8) is 0 Å². The molecule has 1 aliphatic heterocycles. The lowest BCUT2D eigenvalue weighted by Crippen LogP contribution is -2.15. The Morgan fingerprint density at radius 1 is 1.24 bits per heavy atom. The number of nitrogens with two attached hydrogens (primary N) is 1. The van der Waals surface area contributed by atoms with E-state index in [1.165, 1.54) is 0 Å². The van der Waals surface area contributed by atoms with E-state index in [1.807, 2.05) is 24.3 Å². The summed E-state index contributed by atoms with van der Waals surface area (Å²) < 4.78 is 16.5. The van der Waals surface area contributed by atoms with Crippen LogP contribution in [0, 0.1) is 0 Å². The van der Waals surface area contributed by atoms with E-state index >= 15 is 0 Å². The van der Waals surface area contributed by atoms with Crippen molar-refractivity contribution in [2.24, 2.45) is 10.9 Å². The number of hydrogen-bond acceptors (Lipinski definition) is 5. The van der Waals surface area contributed by atoms with Crippen LogP contribution in [0.3, 0.4) is 0 Å². The third-order valence-electron chi connectivity index (χ3n) is 3.64. The molecule has 0 amide bonds. The van der Waals surface area contributed by atoms with Gasteiger partial charge in [-0.1, -0.05) is 28.9 Å². The van der Waals surface area contributed by atoms with Crippen LogP contribution in [0.2, 0.25) is 5.02 Å². The van der Waals surface area contributed by atoms with Crippen LogP contribution in [-0.2, 0) is 11.4 Å². The van der Waals surface area contributed by atoms with E-state index in [9.17, 15) is 0 Å². The van der Waals surface area contributed by atoms with Crippen molar-refractivity contribution in [3.05, 3.63) is 52.5 Å². The van der Waals surface area contributed by atoms with Gasteiger partial charge < -0.3 is 24.8 Å². The van der Waals surface area contributed by atoms with E-state index in [1.54, 1.807) is 19.2 Å². The molecule has 0 aliphatic carbocycles. The Kier molecular flexibility index (Phi) is 5.50. The van der Waals surface area contributed by atoms with Gasteiger partial charge in [-0.15, -0.1) is 0 Å². The number of amidine groups is 1. The summed E-state index contributed by atoms with van der Waals surface area (Å²) in [7, 11) is 1.58. The molecule has 3 rings (SSSR count). The molecule has 6 nitrogen and oxygen atoms in total. The number of methoxy groups -OCH3 is 1. The molecule has 1 aliphatic rings. The maximum absolute atomic E-state index is 6.26. The molecule has 1 heterocycles. The molecular weight excluding hydrogens is 344 g/mol. The number of benzene rings is 2. The normalized spacial score (nSPS) is 13.9. The molecule has 0 bridgehead atoms. The van der Waals surface area contributed by atoms with Gasteiger partial charge in [-0.3, -0.25) is 0 Å². The maximum Gasteiger partial charge on any atom is 0.179 e. The molecule has 2 aromatic rings. The summed E-state index contributed by atoms with van der Waals surface area (Å²) in [5.74, 6) is 2.05. The highest BCUT2D eigenvalue weighted by molar-refractivity contribution is 6.32. The average Bonchev–Trinajstić information content (AvgIpc) is 2.87. The molecule has 25 heavy (non-hydrogen) atoms. The fourth-order valence-corrected chi connectivity index (χ4v) is 2.74. The third-order valence-corrected chi connectivity index (χ3v) is 3.92. The van der Waals surface area contributed by atoms with E-state index in [0.29, 0.717) is 41.0 Å². The van der Waals surface area contributed by atoms with Gasteiger partial charge in [0.25, 0.3) is 0 Å². The van der Waals surface area contributed by atoms with Crippen molar-refractivity contribution < 1.29 is 19.0 Å².